The summed E-state index contributed by atoms with van der Waals surface area (Å²) in [6.45, 7) is 1.45. The van der Waals surface area contributed by atoms with E-state index in [1.807, 2.05) is 17.5 Å². The third-order valence-electron chi connectivity index (χ3n) is 5.06. The van der Waals surface area contributed by atoms with E-state index in [0.717, 1.165) is 9.78 Å². The number of hydrogen-bond donors (Lipinski definition) is 0. The number of amides is 4. The van der Waals surface area contributed by atoms with Gasteiger partial charge in [0.05, 0.1) is 17.5 Å². The van der Waals surface area contributed by atoms with Gasteiger partial charge in [-0.05, 0) is 23.6 Å². The first kappa shape index (κ1) is 18.4. The highest BCUT2D eigenvalue weighted by atomic mass is 32.1. The molecule has 0 bridgehead atoms. The lowest BCUT2D eigenvalue weighted by molar-refractivity contribution is -0.139. The minimum absolute atomic E-state index is 0.0508. The Hall–Kier alpha value is -3.00. The van der Waals surface area contributed by atoms with Gasteiger partial charge in [-0.25, -0.2) is 0 Å². The molecule has 1 fully saturated rings. The van der Waals surface area contributed by atoms with E-state index in [4.69, 9.17) is 0 Å². The van der Waals surface area contributed by atoms with Crippen LogP contribution >= 0.6 is 11.3 Å². The Morgan fingerprint density at radius 2 is 1.39 bits per heavy atom. The van der Waals surface area contributed by atoms with Crippen LogP contribution in [0.2, 0.25) is 0 Å². The zero-order valence-electron chi connectivity index (χ0n) is 15.2. The molecule has 144 valence electrons. The molecule has 28 heavy (non-hydrogen) atoms. The Labute approximate surface area is 166 Å². The summed E-state index contributed by atoms with van der Waals surface area (Å²) in [6.07, 6.45) is 0.376. The van der Waals surface area contributed by atoms with Gasteiger partial charge in [0.1, 0.15) is 6.54 Å². The molecular weight excluding hydrogens is 378 g/mol. The molecule has 1 saturated heterocycles. The van der Waals surface area contributed by atoms with Crippen LogP contribution in [0.15, 0.2) is 41.8 Å². The minimum atomic E-state index is -0.432. The highest BCUT2D eigenvalue weighted by Gasteiger charge is 2.37. The summed E-state index contributed by atoms with van der Waals surface area (Å²) >= 11 is 1.55. The Kier molecular flexibility index (Phi) is 4.95. The highest BCUT2D eigenvalue weighted by molar-refractivity contribution is 7.10. The van der Waals surface area contributed by atoms with E-state index in [-0.39, 0.29) is 18.4 Å². The van der Waals surface area contributed by atoms with Gasteiger partial charge in [-0.15, -0.1) is 11.3 Å². The average Bonchev–Trinajstić information content (AvgIpc) is 3.31. The van der Waals surface area contributed by atoms with Crippen LogP contribution in [0.5, 0.6) is 0 Å². The van der Waals surface area contributed by atoms with Gasteiger partial charge in [-0.2, -0.15) is 0 Å². The fourth-order valence-electron chi connectivity index (χ4n) is 3.50. The molecule has 0 unspecified atom stereocenters. The topological polar surface area (TPSA) is 78.0 Å². The van der Waals surface area contributed by atoms with Crippen LogP contribution in [-0.4, -0.2) is 71.1 Å². The first-order chi connectivity index (χ1) is 13.5. The van der Waals surface area contributed by atoms with Crippen molar-refractivity contribution >= 4 is 35.0 Å². The van der Waals surface area contributed by atoms with E-state index in [0.29, 0.717) is 43.7 Å². The first-order valence-corrected chi connectivity index (χ1v) is 9.95. The summed E-state index contributed by atoms with van der Waals surface area (Å²) in [4.78, 5) is 55.2. The first-order valence-electron chi connectivity index (χ1n) is 9.08. The third-order valence-corrected chi connectivity index (χ3v) is 5.94. The fraction of sp³-hybridized carbons (Fsp3) is 0.300. The molecule has 0 N–H and O–H groups in total. The lowest BCUT2D eigenvalue weighted by Gasteiger charge is -2.35. The summed E-state index contributed by atoms with van der Waals surface area (Å²) in [5, 5.41) is 1.94. The summed E-state index contributed by atoms with van der Waals surface area (Å²) < 4.78 is 0. The van der Waals surface area contributed by atoms with Crippen molar-refractivity contribution in [3.8, 4) is 0 Å². The predicted molar refractivity (Wildman–Crippen MR) is 103 cm³/mol. The van der Waals surface area contributed by atoms with Gasteiger partial charge in [0, 0.05) is 31.1 Å². The predicted octanol–water partition coefficient (Wildman–Crippen LogP) is 1.26. The fourth-order valence-corrected chi connectivity index (χ4v) is 4.19. The van der Waals surface area contributed by atoms with Crippen LogP contribution in [-0.2, 0) is 16.0 Å². The van der Waals surface area contributed by atoms with Crippen molar-refractivity contribution in [1.29, 1.82) is 0 Å². The van der Waals surface area contributed by atoms with Crippen molar-refractivity contribution in [3.63, 3.8) is 0 Å². The van der Waals surface area contributed by atoms with E-state index >= 15 is 0 Å². The molecule has 0 spiro atoms. The molecule has 3 heterocycles. The van der Waals surface area contributed by atoms with Crippen LogP contribution in [0.1, 0.15) is 25.6 Å². The van der Waals surface area contributed by atoms with E-state index in [1.165, 1.54) is 0 Å². The number of rotatable bonds is 4. The van der Waals surface area contributed by atoms with Crippen molar-refractivity contribution in [1.82, 2.24) is 14.7 Å². The maximum absolute atomic E-state index is 12.6. The number of carbonyl (C=O) groups excluding carboxylic acids is 4. The van der Waals surface area contributed by atoms with E-state index in [1.54, 1.807) is 45.4 Å². The molecule has 2 aliphatic heterocycles. The van der Waals surface area contributed by atoms with Gasteiger partial charge >= 0.3 is 0 Å². The molecule has 2 aromatic rings. The Morgan fingerprint density at radius 3 is 1.93 bits per heavy atom. The van der Waals surface area contributed by atoms with Gasteiger partial charge in [0.2, 0.25) is 11.8 Å². The third kappa shape index (κ3) is 3.43. The van der Waals surface area contributed by atoms with Gasteiger partial charge in [0.15, 0.2) is 0 Å². The SMILES string of the molecule is O=C(Cc1cccs1)N1CCN(C(=O)CN2C(=O)c3ccccc3C2=O)CC1. The molecule has 0 radical (unpaired) electrons. The van der Waals surface area contributed by atoms with Crippen molar-refractivity contribution < 1.29 is 19.2 Å². The molecule has 8 heteroatoms. The van der Waals surface area contributed by atoms with E-state index in [2.05, 4.69) is 0 Å². The molecule has 7 nitrogen and oxygen atoms in total. The van der Waals surface area contributed by atoms with Crippen LogP contribution in [0, 0.1) is 0 Å². The Morgan fingerprint density at radius 1 is 0.821 bits per heavy atom. The van der Waals surface area contributed by atoms with Crippen molar-refractivity contribution in [3.05, 3.63) is 57.8 Å². The van der Waals surface area contributed by atoms with Crippen LogP contribution in [0.4, 0.5) is 0 Å². The summed E-state index contributed by atoms with van der Waals surface area (Å²) in [5.74, 6) is -1.09. The molecule has 0 saturated carbocycles. The second kappa shape index (κ2) is 7.55. The second-order valence-electron chi connectivity index (χ2n) is 6.76. The minimum Gasteiger partial charge on any atom is -0.339 e. The summed E-state index contributed by atoms with van der Waals surface area (Å²) in [7, 11) is 0. The van der Waals surface area contributed by atoms with Crippen molar-refractivity contribution in [2.24, 2.45) is 0 Å². The maximum Gasteiger partial charge on any atom is 0.262 e. The monoisotopic (exact) mass is 397 g/mol. The lowest BCUT2D eigenvalue weighted by Crippen LogP contribution is -2.53. The summed E-state index contributed by atoms with van der Waals surface area (Å²) in [6, 6.07) is 10.4. The van der Waals surface area contributed by atoms with E-state index in [9.17, 15) is 19.2 Å². The zero-order valence-corrected chi connectivity index (χ0v) is 16.0. The normalized spacial score (nSPS) is 16.5. The largest absolute Gasteiger partial charge is 0.339 e. The maximum atomic E-state index is 12.6. The molecular formula is C20H19N3O4S. The molecule has 0 aliphatic carbocycles. The molecule has 4 amide bonds. The average molecular weight is 397 g/mol. The van der Waals surface area contributed by atoms with Crippen LogP contribution in [0.25, 0.3) is 0 Å². The number of fused-ring (bicyclic) bond motifs is 1. The van der Waals surface area contributed by atoms with Crippen LogP contribution < -0.4 is 0 Å². The zero-order chi connectivity index (χ0) is 19.7. The standard InChI is InChI=1S/C20H19N3O4S/c24-17(12-14-4-3-11-28-14)21-7-9-22(10-8-21)18(25)13-23-19(26)15-5-1-2-6-16(15)20(23)27/h1-6,11H,7-10,12-13H2. The number of piperazine rings is 1. The van der Waals surface area contributed by atoms with Crippen molar-refractivity contribution in [2.75, 3.05) is 32.7 Å². The Balaban J connectivity index is 1.32. The van der Waals surface area contributed by atoms with Crippen LogP contribution in [0.3, 0.4) is 0 Å². The number of imide groups is 1. The van der Waals surface area contributed by atoms with Crippen molar-refractivity contribution in [2.45, 2.75) is 6.42 Å². The molecule has 2 aliphatic rings. The summed E-state index contributed by atoms with van der Waals surface area (Å²) in [5.41, 5.74) is 0.675. The van der Waals surface area contributed by atoms with E-state index < -0.39 is 11.8 Å². The smallest absolute Gasteiger partial charge is 0.262 e. The molecule has 0 atom stereocenters. The molecule has 1 aromatic heterocycles. The van der Waals surface area contributed by atoms with Gasteiger partial charge in [-0.3, -0.25) is 24.1 Å². The Bertz CT molecular complexity index is 898. The van der Waals surface area contributed by atoms with Gasteiger partial charge in [-0.1, -0.05) is 18.2 Å². The van der Waals surface area contributed by atoms with Gasteiger partial charge < -0.3 is 9.80 Å². The highest BCUT2D eigenvalue weighted by Crippen LogP contribution is 2.22. The number of hydrogen-bond acceptors (Lipinski definition) is 5. The number of benzene rings is 1. The quantitative estimate of drug-likeness (QED) is 0.728. The second-order valence-corrected chi connectivity index (χ2v) is 7.79. The molecule has 4 rings (SSSR count). The number of carbonyl (C=O) groups is 4. The lowest BCUT2D eigenvalue weighted by atomic mass is 10.1. The number of nitrogens with zero attached hydrogens (tertiary/aromatic N) is 3. The molecule has 1 aromatic carbocycles. The van der Waals surface area contributed by atoms with Gasteiger partial charge in [0.25, 0.3) is 11.8 Å². The number of thiophene rings is 1.